The van der Waals surface area contributed by atoms with Crippen molar-refractivity contribution in [2.24, 2.45) is 0 Å². The normalized spacial score (nSPS) is 10.6. The summed E-state index contributed by atoms with van der Waals surface area (Å²) in [6.07, 6.45) is 0. The smallest absolute Gasteiger partial charge is 0.150 e. The lowest BCUT2D eigenvalue weighted by molar-refractivity contribution is 0.627. The van der Waals surface area contributed by atoms with E-state index in [1.165, 1.54) is 18.2 Å². The van der Waals surface area contributed by atoms with Gasteiger partial charge in [-0.15, -0.1) is 0 Å². The fourth-order valence-electron chi connectivity index (χ4n) is 1.44. The Kier molecular flexibility index (Phi) is 3.35. The molecule has 0 bridgehead atoms. The second-order valence-corrected chi connectivity index (χ2v) is 4.69. The third-order valence-corrected chi connectivity index (χ3v) is 3.61. The topological polar surface area (TPSA) is 26.0 Å². The second-order valence-electron chi connectivity index (χ2n) is 3.46. The Morgan fingerprint density at radius 2 is 1.82 bits per heavy atom. The van der Waals surface area contributed by atoms with Gasteiger partial charge in [0.05, 0.1) is 10.7 Å². The maximum atomic E-state index is 13.9. The number of halogens is 4. The molecule has 2 aromatic rings. The van der Waals surface area contributed by atoms with Crippen molar-refractivity contribution in [3.63, 3.8) is 0 Å². The van der Waals surface area contributed by atoms with E-state index in [0.29, 0.717) is 10.0 Å². The fraction of sp³-hybridized carbons (Fsp3) is 0. The maximum Gasteiger partial charge on any atom is 0.150 e. The summed E-state index contributed by atoms with van der Waals surface area (Å²) >= 11 is 8.88. The molecule has 0 radical (unpaired) electrons. The molecule has 17 heavy (non-hydrogen) atoms. The SMILES string of the molecule is Nc1ccc(-c2ccc(Br)c(Cl)c2F)cc1F. The van der Waals surface area contributed by atoms with Crippen LogP contribution < -0.4 is 5.73 Å². The van der Waals surface area contributed by atoms with Gasteiger partial charge >= 0.3 is 0 Å². The Hall–Kier alpha value is -1.13. The van der Waals surface area contributed by atoms with Crippen LogP contribution >= 0.6 is 27.5 Å². The summed E-state index contributed by atoms with van der Waals surface area (Å²) in [5.41, 5.74) is 6.01. The van der Waals surface area contributed by atoms with Crippen LogP contribution in [0.4, 0.5) is 14.5 Å². The van der Waals surface area contributed by atoms with E-state index in [4.69, 9.17) is 17.3 Å². The molecule has 2 rings (SSSR count). The van der Waals surface area contributed by atoms with Crippen LogP contribution in [0.25, 0.3) is 11.1 Å². The Balaban J connectivity index is 2.61. The molecule has 0 aliphatic heterocycles. The first-order chi connectivity index (χ1) is 8.00. The van der Waals surface area contributed by atoms with Gasteiger partial charge in [0.1, 0.15) is 5.82 Å². The third-order valence-electron chi connectivity index (χ3n) is 2.35. The van der Waals surface area contributed by atoms with Crippen LogP contribution in [0.2, 0.25) is 5.02 Å². The van der Waals surface area contributed by atoms with Gasteiger partial charge in [-0.25, -0.2) is 8.78 Å². The van der Waals surface area contributed by atoms with E-state index in [-0.39, 0.29) is 16.3 Å². The molecule has 0 heterocycles. The molecule has 0 atom stereocenters. The van der Waals surface area contributed by atoms with Crippen LogP contribution in [0.1, 0.15) is 0 Å². The highest BCUT2D eigenvalue weighted by atomic mass is 79.9. The summed E-state index contributed by atoms with van der Waals surface area (Å²) in [5.74, 6) is -1.17. The Morgan fingerprint density at radius 1 is 1.12 bits per heavy atom. The van der Waals surface area contributed by atoms with Crippen LogP contribution in [0.3, 0.4) is 0 Å². The van der Waals surface area contributed by atoms with E-state index in [9.17, 15) is 8.78 Å². The van der Waals surface area contributed by atoms with Crippen molar-refractivity contribution in [3.05, 3.63) is 51.5 Å². The van der Waals surface area contributed by atoms with Crippen molar-refractivity contribution in [3.8, 4) is 11.1 Å². The predicted molar refractivity (Wildman–Crippen MR) is 68.9 cm³/mol. The molecule has 5 heteroatoms. The van der Waals surface area contributed by atoms with Crippen LogP contribution in [0.5, 0.6) is 0 Å². The maximum absolute atomic E-state index is 13.9. The molecule has 0 unspecified atom stereocenters. The first-order valence-electron chi connectivity index (χ1n) is 4.69. The van der Waals surface area contributed by atoms with Gasteiger partial charge in [-0.3, -0.25) is 0 Å². The molecule has 0 saturated heterocycles. The summed E-state index contributed by atoms with van der Waals surface area (Å²) in [6.45, 7) is 0. The number of hydrogen-bond donors (Lipinski definition) is 1. The number of rotatable bonds is 1. The van der Waals surface area contributed by atoms with Crippen molar-refractivity contribution >= 4 is 33.2 Å². The van der Waals surface area contributed by atoms with Crippen molar-refractivity contribution in [2.45, 2.75) is 0 Å². The first kappa shape index (κ1) is 12.3. The van der Waals surface area contributed by atoms with Crippen molar-refractivity contribution in [1.82, 2.24) is 0 Å². The molecule has 0 spiro atoms. The van der Waals surface area contributed by atoms with Crippen LogP contribution in [-0.4, -0.2) is 0 Å². The van der Waals surface area contributed by atoms with Gasteiger partial charge in [-0.2, -0.15) is 0 Å². The van der Waals surface area contributed by atoms with Crippen LogP contribution in [-0.2, 0) is 0 Å². The minimum absolute atomic E-state index is 0.0253. The molecule has 0 aromatic heterocycles. The Labute approximate surface area is 110 Å². The quantitative estimate of drug-likeness (QED) is 0.602. The minimum Gasteiger partial charge on any atom is -0.396 e. The number of nitrogen functional groups attached to an aromatic ring is 1. The standard InChI is InChI=1S/C12H7BrClF2N/c13-8-3-2-7(12(16)11(8)14)6-1-4-10(17)9(15)5-6/h1-5H,17H2. The van der Waals surface area contributed by atoms with Crippen LogP contribution in [0.15, 0.2) is 34.8 Å². The highest BCUT2D eigenvalue weighted by Gasteiger charge is 2.12. The summed E-state index contributed by atoms with van der Waals surface area (Å²) in [4.78, 5) is 0. The first-order valence-corrected chi connectivity index (χ1v) is 5.86. The average molecular weight is 319 g/mol. The molecular formula is C12H7BrClF2N. The van der Waals surface area contributed by atoms with Gasteiger partial charge in [0.15, 0.2) is 5.82 Å². The van der Waals surface area contributed by atoms with E-state index < -0.39 is 11.6 Å². The molecule has 0 aliphatic rings. The molecule has 1 nitrogen and oxygen atoms in total. The van der Waals surface area contributed by atoms with Crippen molar-refractivity contribution in [1.29, 1.82) is 0 Å². The van der Waals surface area contributed by atoms with Gasteiger partial charge in [-0.05, 0) is 39.7 Å². The van der Waals surface area contributed by atoms with Crippen LogP contribution in [0, 0.1) is 11.6 Å². The zero-order valence-electron chi connectivity index (χ0n) is 8.48. The molecule has 0 saturated carbocycles. The lowest BCUT2D eigenvalue weighted by atomic mass is 10.0. The molecule has 0 amide bonds. The van der Waals surface area contributed by atoms with E-state index in [1.54, 1.807) is 12.1 Å². The molecule has 0 fully saturated rings. The lowest BCUT2D eigenvalue weighted by Crippen LogP contribution is -1.92. The lowest BCUT2D eigenvalue weighted by Gasteiger charge is -2.07. The molecule has 2 aromatic carbocycles. The van der Waals surface area contributed by atoms with Gasteiger partial charge in [0.2, 0.25) is 0 Å². The number of hydrogen-bond acceptors (Lipinski definition) is 1. The average Bonchev–Trinajstić information content (AvgIpc) is 2.30. The monoisotopic (exact) mass is 317 g/mol. The number of benzene rings is 2. The van der Waals surface area contributed by atoms with Gasteiger partial charge in [0.25, 0.3) is 0 Å². The fourth-order valence-corrected chi connectivity index (χ4v) is 1.91. The molecular weight excluding hydrogens is 311 g/mol. The highest BCUT2D eigenvalue weighted by molar-refractivity contribution is 9.10. The summed E-state index contributed by atoms with van der Waals surface area (Å²) in [7, 11) is 0. The minimum atomic E-state index is -0.592. The van der Waals surface area contributed by atoms with Crippen molar-refractivity contribution < 1.29 is 8.78 Å². The molecule has 2 N–H and O–H groups in total. The van der Waals surface area contributed by atoms with E-state index in [0.717, 1.165) is 0 Å². The van der Waals surface area contributed by atoms with E-state index >= 15 is 0 Å². The largest absolute Gasteiger partial charge is 0.396 e. The summed E-state index contributed by atoms with van der Waals surface area (Å²) < 4.78 is 27.6. The highest BCUT2D eigenvalue weighted by Crippen LogP contribution is 2.33. The van der Waals surface area contributed by atoms with Gasteiger partial charge < -0.3 is 5.73 Å². The van der Waals surface area contributed by atoms with Gasteiger partial charge in [0, 0.05) is 10.0 Å². The predicted octanol–water partition coefficient (Wildman–Crippen LogP) is 4.63. The zero-order valence-corrected chi connectivity index (χ0v) is 10.8. The summed E-state index contributed by atoms with van der Waals surface area (Å²) in [5, 5.41) is -0.0280. The second kappa shape index (κ2) is 4.63. The Bertz CT molecular complexity index is 587. The molecule has 0 aliphatic carbocycles. The summed E-state index contributed by atoms with van der Waals surface area (Å²) in [6, 6.07) is 7.24. The van der Waals surface area contributed by atoms with Crippen molar-refractivity contribution in [2.75, 3.05) is 5.73 Å². The zero-order chi connectivity index (χ0) is 12.6. The third kappa shape index (κ3) is 2.28. The van der Waals surface area contributed by atoms with E-state index in [2.05, 4.69) is 15.9 Å². The number of nitrogens with two attached hydrogens (primary N) is 1. The molecule has 88 valence electrons. The van der Waals surface area contributed by atoms with E-state index in [1.807, 2.05) is 0 Å². The number of anilines is 1. The Morgan fingerprint density at radius 3 is 2.47 bits per heavy atom. The van der Waals surface area contributed by atoms with Gasteiger partial charge in [-0.1, -0.05) is 23.7 Å².